The Morgan fingerprint density at radius 2 is 1.95 bits per heavy atom. The second kappa shape index (κ2) is 12.4. The standard InChI is InChI=1S/C26H28ClN3O7S2/c1-36-14-3-12-28(39(34,35)20-8-9-22(27)23(16-20)30(32)33)17-25(31)29-13-10-24-21(11-15-38-24)26(29)18-4-6-19(37-2)7-5-18/h4-9,11,15-16,26H,3,10,12-14,17H2,1-2H3/t26-/m1/s1. The number of halogens is 1. The molecule has 2 aromatic carbocycles. The lowest BCUT2D eigenvalue weighted by Gasteiger charge is -2.37. The monoisotopic (exact) mass is 593 g/mol. The molecule has 0 N–H and O–H groups in total. The zero-order valence-corrected chi connectivity index (χ0v) is 23.8. The van der Waals surface area contributed by atoms with Crippen LogP contribution in [0.4, 0.5) is 5.69 Å². The molecule has 208 valence electrons. The van der Waals surface area contributed by atoms with Gasteiger partial charge in [0.15, 0.2) is 0 Å². The minimum Gasteiger partial charge on any atom is -0.497 e. The molecule has 0 bridgehead atoms. The minimum absolute atomic E-state index is 0.0108. The molecule has 1 aliphatic rings. The number of nitrogens with zero attached hydrogens (tertiary/aromatic N) is 3. The van der Waals surface area contributed by atoms with Crippen LogP contribution >= 0.6 is 22.9 Å². The normalized spacial score (nSPS) is 15.3. The number of carbonyl (C=O) groups excluding carboxylic acids is 1. The lowest BCUT2D eigenvalue weighted by Crippen LogP contribution is -2.47. The zero-order chi connectivity index (χ0) is 28.2. The third kappa shape index (κ3) is 6.25. The van der Waals surface area contributed by atoms with Crippen molar-refractivity contribution in [3.05, 3.63) is 85.1 Å². The van der Waals surface area contributed by atoms with Crippen LogP contribution in [0.1, 0.15) is 28.5 Å². The predicted molar refractivity (Wildman–Crippen MR) is 148 cm³/mol. The molecule has 4 rings (SSSR count). The Hall–Kier alpha value is -3.03. The quantitative estimate of drug-likeness (QED) is 0.182. The number of fused-ring (bicyclic) bond motifs is 1. The molecule has 39 heavy (non-hydrogen) atoms. The topological polar surface area (TPSA) is 119 Å². The van der Waals surface area contributed by atoms with Gasteiger partial charge in [0.2, 0.25) is 15.9 Å². The van der Waals surface area contributed by atoms with Crippen molar-refractivity contribution in [2.24, 2.45) is 0 Å². The highest BCUT2D eigenvalue weighted by molar-refractivity contribution is 7.89. The smallest absolute Gasteiger partial charge is 0.289 e. The third-order valence-electron chi connectivity index (χ3n) is 6.54. The first kappa shape index (κ1) is 29.0. The molecule has 0 aliphatic carbocycles. The average Bonchev–Trinajstić information content (AvgIpc) is 3.41. The molecule has 1 aliphatic heterocycles. The molecule has 1 amide bonds. The van der Waals surface area contributed by atoms with Crippen LogP contribution in [0.5, 0.6) is 5.75 Å². The molecule has 1 aromatic heterocycles. The Morgan fingerprint density at radius 1 is 1.21 bits per heavy atom. The number of hydrogen-bond acceptors (Lipinski definition) is 8. The van der Waals surface area contributed by atoms with E-state index in [4.69, 9.17) is 21.1 Å². The molecule has 1 atom stereocenters. The van der Waals surface area contributed by atoms with Crippen LogP contribution in [0.15, 0.2) is 58.8 Å². The number of methoxy groups -OCH3 is 2. The minimum atomic E-state index is -4.28. The van der Waals surface area contributed by atoms with Gasteiger partial charge < -0.3 is 14.4 Å². The number of amides is 1. The molecule has 0 saturated heterocycles. The number of ether oxygens (including phenoxy) is 2. The van der Waals surface area contributed by atoms with E-state index in [2.05, 4.69) is 0 Å². The first-order valence-electron chi connectivity index (χ1n) is 12.1. The van der Waals surface area contributed by atoms with Crippen molar-refractivity contribution in [3.8, 4) is 5.75 Å². The molecule has 0 radical (unpaired) electrons. The van der Waals surface area contributed by atoms with Crippen LogP contribution < -0.4 is 4.74 Å². The Labute approximate surface area is 235 Å². The van der Waals surface area contributed by atoms with Gasteiger partial charge in [-0.05, 0) is 59.7 Å². The van der Waals surface area contributed by atoms with Gasteiger partial charge in [-0.1, -0.05) is 23.7 Å². The van der Waals surface area contributed by atoms with E-state index in [1.54, 1.807) is 23.3 Å². The van der Waals surface area contributed by atoms with Crippen molar-refractivity contribution in [3.63, 3.8) is 0 Å². The van der Waals surface area contributed by atoms with Gasteiger partial charge in [0.1, 0.15) is 10.8 Å². The number of benzene rings is 2. The fourth-order valence-corrected chi connectivity index (χ4v) is 7.12. The summed E-state index contributed by atoms with van der Waals surface area (Å²) in [6, 6.07) is 12.4. The maximum atomic E-state index is 13.8. The van der Waals surface area contributed by atoms with Crippen LogP contribution in [-0.2, 0) is 26.0 Å². The van der Waals surface area contributed by atoms with E-state index < -0.39 is 33.2 Å². The molecule has 0 fully saturated rings. The molecule has 0 saturated carbocycles. The van der Waals surface area contributed by atoms with Crippen molar-refractivity contribution in [1.29, 1.82) is 0 Å². The van der Waals surface area contributed by atoms with Gasteiger partial charge in [0.25, 0.3) is 5.69 Å². The molecule has 3 aromatic rings. The molecule has 0 unspecified atom stereocenters. The zero-order valence-electron chi connectivity index (χ0n) is 21.4. The highest BCUT2D eigenvalue weighted by atomic mass is 35.5. The summed E-state index contributed by atoms with van der Waals surface area (Å²) in [5, 5.41) is 13.2. The van der Waals surface area contributed by atoms with Crippen molar-refractivity contribution in [1.82, 2.24) is 9.21 Å². The van der Waals surface area contributed by atoms with Gasteiger partial charge in [0.05, 0.1) is 29.5 Å². The molecule has 10 nitrogen and oxygen atoms in total. The Kier molecular flexibility index (Phi) is 9.23. The fourth-order valence-electron chi connectivity index (χ4n) is 4.58. The first-order chi connectivity index (χ1) is 18.7. The summed E-state index contributed by atoms with van der Waals surface area (Å²) in [5.41, 5.74) is 1.36. The maximum Gasteiger partial charge on any atom is 0.289 e. The van der Waals surface area contributed by atoms with Crippen LogP contribution in [-0.4, -0.2) is 68.9 Å². The van der Waals surface area contributed by atoms with Crippen LogP contribution in [0.3, 0.4) is 0 Å². The number of sulfonamides is 1. The summed E-state index contributed by atoms with van der Waals surface area (Å²) >= 11 is 7.53. The third-order valence-corrected chi connectivity index (χ3v) is 9.69. The number of nitro benzene ring substituents is 1. The van der Waals surface area contributed by atoms with E-state index in [0.29, 0.717) is 25.1 Å². The summed E-state index contributed by atoms with van der Waals surface area (Å²) in [6.07, 6.45) is 0.987. The molecule has 2 heterocycles. The highest BCUT2D eigenvalue weighted by Gasteiger charge is 2.36. The second-order valence-electron chi connectivity index (χ2n) is 8.87. The summed E-state index contributed by atoms with van der Waals surface area (Å²) in [5.74, 6) is 0.308. The molecular formula is C26H28ClN3O7S2. The first-order valence-corrected chi connectivity index (χ1v) is 14.8. The van der Waals surface area contributed by atoms with Gasteiger partial charge in [-0.3, -0.25) is 14.9 Å². The Morgan fingerprint density at radius 3 is 2.62 bits per heavy atom. The summed E-state index contributed by atoms with van der Waals surface area (Å²) < 4.78 is 38.7. The van der Waals surface area contributed by atoms with Crippen molar-refractivity contribution in [2.75, 3.05) is 40.5 Å². The highest BCUT2D eigenvalue weighted by Crippen LogP contribution is 2.38. The number of hydrogen-bond donors (Lipinski definition) is 0. The van der Waals surface area contributed by atoms with Crippen molar-refractivity contribution in [2.45, 2.75) is 23.8 Å². The molecule has 0 spiro atoms. The SMILES string of the molecule is COCCCN(CC(=O)N1CCc2sccc2[C@H]1c1ccc(OC)cc1)S(=O)(=O)c1ccc(Cl)c([N+](=O)[O-])c1. The van der Waals surface area contributed by atoms with Gasteiger partial charge in [-0.2, -0.15) is 4.31 Å². The summed E-state index contributed by atoms with van der Waals surface area (Å²) in [4.78, 5) is 27.0. The lowest BCUT2D eigenvalue weighted by atomic mass is 9.93. The number of nitro groups is 1. The van der Waals surface area contributed by atoms with Gasteiger partial charge >= 0.3 is 0 Å². The van der Waals surface area contributed by atoms with E-state index in [1.807, 2.05) is 35.7 Å². The summed E-state index contributed by atoms with van der Waals surface area (Å²) in [6.45, 7) is 0.247. The Bertz CT molecular complexity index is 1440. The predicted octanol–water partition coefficient (Wildman–Crippen LogP) is 4.52. The lowest BCUT2D eigenvalue weighted by molar-refractivity contribution is -0.384. The van der Waals surface area contributed by atoms with Crippen LogP contribution in [0, 0.1) is 10.1 Å². The van der Waals surface area contributed by atoms with Crippen LogP contribution in [0.25, 0.3) is 0 Å². The summed E-state index contributed by atoms with van der Waals surface area (Å²) in [7, 11) is -1.20. The number of thiophene rings is 1. The molecular weight excluding hydrogens is 566 g/mol. The van der Waals surface area contributed by atoms with Crippen LogP contribution in [0.2, 0.25) is 5.02 Å². The average molecular weight is 594 g/mol. The van der Waals surface area contributed by atoms with Crippen molar-refractivity contribution < 1.29 is 27.6 Å². The number of carbonyl (C=O) groups is 1. The van der Waals surface area contributed by atoms with E-state index in [9.17, 15) is 23.3 Å². The maximum absolute atomic E-state index is 13.8. The van der Waals surface area contributed by atoms with Gasteiger partial charge in [-0.25, -0.2) is 8.42 Å². The van der Waals surface area contributed by atoms with E-state index >= 15 is 0 Å². The number of rotatable bonds is 11. The van der Waals surface area contributed by atoms with E-state index in [0.717, 1.165) is 21.5 Å². The van der Waals surface area contributed by atoms with Crippen molar-refractivity contribution >= 4 is 44.6 Å². The second-order valence-corrected chi connectivity index (χ2v) is 12.2. The van der Waals surface area contributed by atoms with Gasteiger partial charge in [0, 0.05) is 37.7 Å². The van der Waals surface area contributed by atoms with E-state index in [-0.39, 0.29) is 29.0 Å². The van der Waals surface area contributed by atoms with Gasteiger partial charge in [-0.15, -0.1) is 11.3 Å². The Balaban J connectivity index is 1.67. The largest absolute Gasteiger partial charge is 0.497 e. The molecule has 13 heteroatoms. The van der Waals surface area contributed by atoms with E-state index in [1.165, 1.54) is 24.1 Å². The fraction of sp³-hybridized carbons (Fsp3) is 0.346.